The Morgan fingerprint density at radius 2 is 0.860 bits per heavy atom. The summed E-state index contributed by atoms with van der Waals surface area (Å²) in [6.45, 7) is 7.05. The van der Waals surface area contributed by atoms with Gasteiger partial charge in [0.05, 0.1) is 6.42 Å². The first-order valence-corrected chi connectivity index (χ1v) is 31.1. The highest BCUT2D eigenvalue weighted by Crippen LogP contribution is 2.22. The molecule has 2 heterocycles. The van der Waals surface area contributed by atoms with Gasteiger partial charge in [-0.25, -0.2) is 0 Å². The van der Waals surface area contributed by atoms with E-state index in [9.17, 15) is 57.8 Å². The summed E-state index contributed by atoms with van der Waals surface area (Å²) in [5, 5.41) is 34.3. The normalized spacial score (nSPS) is 23.7. The summed E-state index contributed by atoms with van der Waals surface area (Å²) in [6.07, 6.45) is -1.75. The van der Waals surface area contributed by atoms with Crippen LogP contribution < -0.4 is 65.1 Å². The number of nitrogens with zero attached hydrogens (tertiary/aromatic N) is 1. The third-order valence-electron chi connectivity index (χ3n) is 15.8. The molecule has 2 aliphatic heterocycles. The van der Waals surface area contributed by atoms with E-state index in [0.717, 1.165) is 0 Å². The molecule has 2 saturated heterocycles. The van der Waals surface area contributed by atoms with Crippen LogP contribution in [0.5, 0.6) is 5.75 Å². The van der Waals surface area contributed by atoms with Crippen LogP contribution in [0.1, 0.15) is 101 Å². The first-order chi connectivity index (χ1) is 43.9. The standard InChI is InChI=1S/C66H87N13O13.ClH/c1-38(2)32-47-59(85)77-52(36-42-20-12-7-13-21-42)66(92)79-31-15-23-53(79)64(90)76-49(34-41-18-10-6-11-19-41)61(87)74-48(33-40-16-8-5-9-17-40)60(86)75-51(37-55(69)82)62(88)70-46(28-29-54(68)81)58(84)73-50(35-43-24-26-44(80)27-25-43)63(89)78-56(39(3)4)65(91)71-45(22-14-30-67)57(83)72-47;/h5-13,16-21,24-27,38-39,45-53,56,80H,14-15,22-23,28-37,67H2,1-4H3,(H2,68,81)(H2,69,82)(H,70,88)(H,71,91)(H,72,83)(H,73,84)(H,74,87)(H,75,86)(H,76,90)(H,77,85)(H,78,89);1H/t45-,46-,47-,48+,49-,50-,51-,52+,53-,56-;/m0./s1. The molecule has 6 rings (SSSR count). The van der Waals surface area contributed by atoms with E-state index < -0.39 is 156 Å². The molecule has 12 amide bonds. The molecule has 10 atom stereocenters. The number of rotatable bonds is 19. The van der Waals surface area contributed by atoms with Gasteiger partial charge in [-0.2, -0.15) is 0 Å². The maximum Gasteiger partial charge on any atom is 0.246 e. The first kappa shape index (κ1) is 74.3. The number of nitrogens with two attached hydrogens (primary N) is 3. The fourth-order valence-corrected chi connectivity index (χ4v) is 11.0. The van der Waals surface area contributed by atoms with Crippen LogP contribution >= 0.6 is 12.4 Å². The van der Waals surface area contributed by atoms with Gasteiger partial charge in [-0.15, -0.1) is 12.4 Å². The van der Waals surface area contributed by atoms with Crippen molar-refractivity contribution in [3.05, 3.63) is 138 Å². The lowest BCUT2D eigenvalue weighted by Crippen LogP contribution is -2.62. The number of carbonyl (C=O) groups excluding carboxylic acids is 12. The van der Waals surface area contributed by atoms with Crippen LogP contribution in [0.15, 0.2) is 115 Å². The minimum absolute atomic E-state index is 0. The fraction of sp³-hybridized carbons (Fsp3) is 0.455. The second kappa shape index (κ2) is 36.6. The molecular formula is C66H88ClN13O13. The minimum Gasteiger partial charge on any atom is -0.508 e. The molecule has 93 heavy (non-hydrogen) atoms. The SMILES string of the molecule is CC(C)C[C@@H]1NC(=O)[C@H](CCCN)NC(=O)[C@H](C(C)C)NC(=O)[C@H](Cc2ccc(O)cc2)NC(=O)[C@H](CCC(N)=O)NC(=O)[C@H](CC(N)=O)NC(=O)[C@@H](Cc2ccccc2)NC(=O)[C@H](Cc2ccccc2)NC(=O)[C@@H]2CCCN2C(=O)[C@@H](Cc2ccccc2)NC1=O.Cl. The van der Waals surface area contributed by atoms with E-state index in [-0.39, 0.29) is 88.5 Å². The van der Waals surface area contributed by atoms with Gasteiger partial charge in [-0.3, -0.25) is 57.5 Å². The van der Waals surface area contributed by atoms with E-state index >= 15 is 4.79 Å². The van der Waals surface area contributed by atoms with Crippen molar-refractivity contribution in [3.63, 3.8) is 0 Å². The van der Waals surface area contributed by atoms with Gasteiger partial charge in [0.1, 0.15) is 66.2 Å². The van der Waals surface area contributed by atoms with Gasteiger partial charge in [0.15, 0.2) is 0 Å². The lowest BCUT2D eigenvalue weighted by Gasteiger charge is -2.32. The molecule has 502 valence electrons. The zero-order chi connectivity index (χ0) is 67.0. The number of carbonyl (C=O) groups is 12. The van der Waals surface area contributed by atoms with E-state index in [1.54, 1.807) is 105 Å². The fourth-order valence-electron chi connectivity index (χ4n) is 11.0. The molecule has 4 aromatic rings. The number of phenols is 1. The number of halogens is 1. The second-order valence-electron chi connectivity index (χ2n) is 24.1. The molecule has 0 bridgehead atoms. The predicted octanol–water partition coefficient (Wildman–Crippen LogP) is 0.0343. The van der Waals surface area contributed by atoms with Crippen LogP contribution in [0.3, 0.4) is 0 Å². The molecule has 0 aromatic heterocycles. The predicted molar refractivity (Wildman–Crippen MR) is 346 cm³/mol. The maximum absolute atomic E-state index is 15.1. The van der Waals surface area contributed by atoms with Crippen LogP contribution in [0, 0.1) is 11.8 Å². The minimum atomic E-state index is -1.85. The van der Waals surface area contributed by atoms with Gasteiger partial charge in [-0.1, -0.05) is 131 Å². The highest BCUT2D eigenvalue weighted by molar-refractivity contribution is 6.01. The Balaban J connectivity index is 0.0000157. The van der Waals surface area contributed by atoms with E-state index in [1.807, 2.05) is 13.8 Å². The quantitative estimate of drug-likeness (QED) is 0.0590. The third kappa shape index (κ3) is 23.3. The largest absolute Gasteiger partial charge is 0.508 e. The average molecular weight is 1310 g/mol. The Kier molecular flexibility index (Phi) is 29.2. The lowest BCUT2D eigenvalue weighted by molar-refractivity contribution is -0.142. The molecule has 2 aliphatic rings. The molecular weight excluding hydrogens is 1220 g/mol. The van der Waals surface area contributed by atoms with Crippen molar-refractivity contribution in [1.82, 2.24) is 52.8 Å². The summed E-state index contributed by atoms with van der Waals surface area (Å²) in [4.78, 5) is 174. The Morgan fingerprint density at radius 1 is 0.473 bits per heavy atom. The lowest BCUT2D eigenvalue weighted by atomic mass is 9.98. The molecule has 27 heteroatoms. The number of fused-ring (bicyclic) bond motifs is 1. The van der Waals surface area contributed by atoms with Gasteiger partial charge >= 0.3 is 0 Å². The molecule has 26 nitrogen and oxygen atoms in total. The van der Waals surface area contributed by atoms with Crippen molar-refractivity contribution in [1.29, 1.82) is 0 Å². The number of primary amides is 2. The van der Waals surface area contributed by atoms with Crippen molar-refractivity contribution >= 4 is 83.3 Å². The summed E-state index contributed by atoms with van der Waals surface area (Å²) >= 11 is 0. The van der Waals surface area contributed by atoms with Gasteiger partial charge < -0.3 is 75.1 Å². The van der Waals surface area contributed by atoms with Crippen LogP contribution in [-0.4, -0.2) is 154 Å². The molecule has 0 saturated carbocycles. The summed E-state index contributed by atoms with van der Waals surface area (Å²) in [5.41, 5.74) is 19.3. The molecule has 4 aromatic carbocycles. The molecule has 16 N–H and O–H groups in total. The van der Waals surface area contributed by atoms with E-state index in [0.29, 0.717) is 28.7 Å². The number of nitrogens with one attached hydrogen (secondary N) is 9. The Bertz CT molecular complexity index is 3220. The highest BCUT2D eigenvalue weighted by Gasteiger charge is 2.42. The molecule has 2 fully saturated rings. The number of aromatic hydroxyl groups is 1. The Labute approximate surface area is 547 Å². The Morgan fingerprint density at radius 3 is 1.33 bits per heavy atom. The average Bonchev–Trinajstić information content (AvgIpc) is 1.85. The number of hydrogen-bond donors (Lipinski definition) is 13. The van der Waals surface area contributed by atoms with E-state index in [2.05, 4.69) is 47.9 Å². The van der Waals surface area contributed by atoms with Crippen molar-refractivity contribution < 1.29 is 62.6 Å². The van der Waals surface area contributed by atoms with E-state index in [1.165, 1.54) is 29.2 Å². The van der Waals surface area contributed by atoms with Crippen LogP contribution in [0.4, 0.5) is 0 Å². The number of hydrogen-bond acceptors (Lipinski definition) is 14. The zero-order valence-corrected chi connectivity index (χ0v) is 53.5. The summed E-state index contributed by atoms with van der Waals surface area (Å²) < 4.78 is 0. The monoisotopic (exact) mass is 1310 g/mol. The smallest absolute Gasteiger partial charge is 0.246 e. The molecule has 0 spiro atoms. The number of phenolic OH excluding ortho intramolecular Hbond substituents is 1. The third-order valence-corrected chi connectivity index (χ3v) is 15.8. The van der Waals surface area contributed by atoms with Gasteiger partial charge in [0.2, 0.25) is 70.9 Å². The van der Waals surface area contributed by atoms with Crippen LogP contribution in [0.25, 0.3) is 0 Å². The molecule has 0 radical (unpaired) electrons. The van der Waals surface area contributed by atoms with Crippen LogP contribution in [0.2, 0.25) is 0 Å². The number of amides is 12. The number of benzene rings is 4. The first-order valence-electron chi connectivity index (χ1n) is 31.1. The Hall–Kier alpha value is -9.43. The van der Waals surface area contributed by atoms with Gasteiger partial charge in [0.25, 0.3) is 0 Å². The van der Waals surface area contributed by atoms with Crippen molar-refractivity contribution in [3.8, 4) is 5.75 Å². The molecule has 0 aliphatic carbocycles. The highest BCUT2D eigenvalue weighted by atomic mass is 35.5. The summed E-state index contributed by atoms with van der Waals surface area (Å²) in [6, 6.07) is 16.9. The van der Waals surface area contributed by atoms with Crippen molar-refractivity contribution in [2.45, 2.75) is 165 Å². The summed E-state index contributed by atoms with van der Waals surface area (Å²) in [5.74, 6) is -11.8. The van der Waals surface area contributed by atoms with E-state index in [4.69, 9.17) is 17.2 Å². The van der Waals surface area contributed by atoms with Crippen molar-refractivity contribution in [2.75, 3.05) is 13.1 Å². The van der Waals surface area contributed by atoms with Crippen molar-refractivity contribution in [2.24, 2.45) is 29.0 Å². The van der Waals surface area contributed by atoms with Crippen LogP contribution in [-0.2, 0) is 83.2 Å². The topological polar surface area (TPSA) is 415 Å². The zero-order valence-electron chi connectivity index (χ0n) is 52.7. The second-order valence-corrected chi connectivity index (χ2v) is 24.1. The summed E-state index contributed by atoms with van der Waals surface area (Å²) in [7, 11) is 0. The maximum atomic E-state index is 15.1. The van der Waals surface area contributed by atoms with Gasteiger partial charge in [0, 0.05) is 38.6 Å². The van der Waals surface area contributed by atoms with Gasteiger partial charge in [-0.05, 0) is 91.3 Å². The molecule has 0 unspecified atom stereocenters.